The number of thiophene rings is 1. The number of benzene rings is 1. The second kappa shape index (κ2) is 6.85. The largest absolute Gasteiger partial charge is 0.465 e. The van der Waals surface area contributed by atoms with Gasteiger partial charge in [-0.2, -0.15) is 0 Å². The molecule has 0 spiro atoms. The van der Waals surface area contributed by atoms with Crippen LogP contribution in [0.25, 0.3) is 0 Å². The van der Waals surface area contributed by atoms with Crippen molar-refractivity contribution < 1.29 is 22.7 Å². The van der Waals surface area contributed by atoms with Crippen molar-refractivity contribution in [3.05, 3.63) is 40.6 Å². The molecule has 0 radical (unpaired) electrons. The molecule has 1 amide bonds. The number of sulfonamides is 1. The Bertz CT molecular complexity index is 903. The van der Waals surface area contributed by atoms with Crippen LogP contribution in [0.3, 0.4) is 0 Å². The van der Waals surface area contributed by atoms with E-state index in [0.717, 1.165) is 17.8 Å². The number of amides is 1. The third-order valence-electron chi connectivity index (χ3n) is 3.81. The number of hydrogen-bond acceptors (Lipinski definition) is 6. The Balaban J connectivity index is 1.82. The predicted octanol–water partition coefficient (Wildman–Crippen LogP) is 2.46. The molecule has 132 valence electrons. The van der Waals surface area contributed by atoms with Crippen molar-refractivity contribution in [1.82, 2.24) is 0 Å². The van der Waals surface area contributed by atoms with Crippen molar-refractivity contribution in [2.24, 2.45) is 0 Å². The van der Waals surface area contributed by atoms with Gasteiger partial charge in [0, 0.05) is 18.7 Å². The van der Waals surface area contributed by atoms with E-state index in [1.807, 2.05) is 0 Å². The average Bonchev–Trinajstić information content (AvgIpc) is 3.23. The molecule has 9 heteroatoms. The van der Waals surface area contributed by atoms with Crippen LogP contribution in [0, 0.1) is 0 Å². The van der Waals surface area contributed by atoms with Crippen molar-refractivity contribution >= 4 is 44.6 Å². The summed E-state index contributed by atoms with van der Waals surface area (Å²) < 4.78 is 32.1. The van der Waals surface area contributed by atoms with Gasteiger partial charge in [0.25, 0.3) is 10.0 Å². The summed E-state index contributed by atoms with van der Waals surface area (Å²) in [4.78, 5) is 25.3. The third kappa shape index (κ3) is 3.52. The summed E-state index contributed by atoms with van der Waals surface area (Å²) in [6.07, 6.45) is 1.31. The van der Waals surface area contributed by atoms with Crippen LogP contribution in [0.4, 0.5) is 11.4 Å². The summed E-state index contributed by atoms with van der Waals surface area (Å²) in [6.45, 7) is 0.639. The fourth-order valence-electron chi connectivity index (χ4n) is 2.57. The number of ether oxygens (including phenoxy) is 1. The molecule has 0 bridgehead atoms. The van der Waals surface area contributed by atoms with Crippen LogP contribution < -0.4 is 9.62 Å². The molecular weight excluding hydrogens is 364 g/mol. The summed E-state index contributed by atoms with van der Waals surface area (Å²) in [7, 11) is -2.62. The van der Waals surface area contributed by atoms with Crippen LogP contribution in [0.2, 0.25) is 0 Å². The van der Waals surface area contributed by atoms with Gasteiger partial charge in [0.05, 0.1) is 17.7 Å². The number of nitrogens with one attached hydrogen (secondary N) is 1. The Hall–Kier alpha value is -2.39. The molecule has 2 heterocycles. The third-order valence-corrected chi connectivity index (χ3v) is 6.09. The first-order valence-electron chi connectivity index (χ1n) is 7.51. The highest BCUT2D eigenvalue weighted by molar-refractivity contribution is 7.92. The Morgan fingerprint density at radius 3 is 2.56 bits per heavy atom. The maximum absolute atomic E-state index is 12.5. The van der Waals surface area contributed by atoms with Crippen molar-refractivity contribution in [1.29, 1.82) is 0 Å². The zero-order chi connectivity index (χ0) is 18.0. The fraction of sp³-hybridized carbons (Fsp3) is 0.250. The fourth-order valence-corrected chi connectivity index (χ4v) is 4.47. The molecule has 7 nitrogen and oxygen atoms in total. The Morgan fingerprint density at radius 2 is 1.96 bits per heavy atom. The molecule has 0 aliphatic carbocycles. The molecule has 1 aromatic heterocycles. The van der Waals surface area contributed by atoms with Crippen molar-refractivity contribution in [2.45, 2.75) is 17.7 Å². The molecule has 1 aliphatic rings. The molecule has 0 unspecified atom stereocenters. The van der Waals surface area contributed by atoms with Crippen LogP contribution >= 0.6 is 11.3 Å². The smallest absolute Gasteiger partial charge is 0.350 e. The van der Waals surface area contributed by atoms with Gasteiger partial charge in [-0.1, -0.05) is 0 Å². The second-order valence-electron chi connectivity index (χ2n) is 5.40. The molecule has 3 rings (SSSR count). The summed E-state index contributed by atoms with van der Waals surface area (Å²) >= 11 is 1.09. The van der Waals surface area contributed by atoms with E-state index in [0.29, 0.717) is 18.7 Å². The molecule has 1 N–H and O–H groups in total. The maximum atomic E-state index is 12.5. The van der Waals surface area contributed by atoms with Crippen LogP contribution in [-0.2, 0) is 19.6 Å². The Morgan fingerprint density at radius 1 is 1.24 bits per heavy atom. The topological polar surface area (TPSA) is 92.8 Å². The van der Waals surface area contributed by atoms with E-state index >= 15 is 0 Å². The number of anilines is 2. The number of esters is 1. The standard InChI is InChI=1S/C16H16N2O5S2/c1-23-16(20)15-13(8-10-24-15)17-25(21,22)12-6-4-11(5-7-12)18-9-2-3-14(18)19/h4-8,10,17H,2-3,9H2,1H3. The lowest BCUT2D eigenvalue weighted by Gasteiger charge is -2.16. The van der Waals surface area contributed by atoms with Crippen LogP contribution in [-0.4, -0.2) is 33.9 Å². The maximum Gasteiger partial charge on any atom is 0.350 e. The summed E-state index contributed by atoms with van der Waals surface area (Å²) in [5, 5.41) is 1.60. The highest BCUT2D eigenvalue weighted by Gasteiger charge is 2.23. The van der Waals surface area contributed by atoms with E-state index in [1.54, 1.807) is 22.4 Å². The van der Waals surface area contributed by atoms with Gasteiger partial charge in [0.2, 0.25) is 5.91 Å². The molecule has 1 aliphatic heterocycles. The van der Waals surface area contributed by atoms with Crippen molar-refractivity contribution in [2.75, 3.05) is 23.3 Å². The van der Waals surface area contributed by atoms with Crippen LogP contribution in [0.1, 0.15) is 22.5 Å². The van der Waals surface area contributed by atoms with E-state index in [9.17, 15) is 18.0 Å². The summed E-state index contributed by atoms with van der Waals surface area (Å²) in [6, 6.07) is 7.59. The minimum Gasteiger partial charge on any atom is -0.465 e. The van der Waals surface area contributed by atoms with Gasteiger partial charge in [-0.05, 0) is 42.1 Å². The molecule has 1 saturated heterocycles. The van der Waals surface area contributed by atoms with Gasteiger partial charge >= 0.3 is 5.97 Å². The average molecular weight is 380 g/mol. The molecule has 25 heavy (non-hydrogen) atoms. The van der Waals surface area contributed by atoms with Crippen molar-refractivity contribution in [3.63, 3.8) is 0 Å². The van der Waals surface area contributed by atoms with Crippen molar-refractivity contribution in [3.8, 4) is 0 Å². The Kier molecular flexibility index (Phi) is 4.78. The SMILES string of the molecule is COC(=O)c1sccc1NS(=O)(=O)c1ccc(N2CCCC2=O)cc1. The number of hydrogen-bond donors (Lipinski definition) is 1. The van der Waals surface area contributed by atoms with E-state index in [-0.39, 0.29) is 21.4 Å². The normalized spacial score (nSPS) is 14.6. The van der Waals surface area contributed by atoms with E-state index in [2.05, 4.69) is 9.46 Å². The number of carbonyl (C=O) groups excluding carboxylic acids is 2. The van der Waals surface area contributed by atoms with Gasteiger partial charge in [0.15, 0.2) is 0 Å². The lowest BCUT2D eigenvalue weighted by atomic mass is 10.3. The van der Waals surface area contributed by atoms with E-state index in [4.69, 9.17) is 0 Å². The van der Waals surface area contributed by atoms with Gasteiger partial charge in [-0.15, -0.1) is 11.3 Å². The number of methoxy groups -OCH3 is 1. The molecule has 1 aromatic carbocycles. The Labute approximate surface area is 149 Å². The van der Waals surface area contributed by atoms with Gasteiger partial charge in [-0.3, -0.25) is 9.52 Å². The lowest BCUT2D eigenvalue weighted by molar-refractivity contribution is -0.117. The number of rotatable bonds is 5. The molecule has 0 saturated carbocycles. The molecular formula is C16H16N2O5S2. The molecule has 0 atom stereocenters. The monoisotopic (exact) mass is 380 g/mol. The quantitative estimate of drug-likeness (QED) is 0.805. The highest BCUT2D eigenvalue weighted by atomic mass is 32.2. The molecule has 1 fully saturated rings. The first-order valence-corrected chi connectivity index (χ1v) is 9.88. The van der Waals surface area contributed by atoms with Crippen LogP contribution in [0.15, 0.2) is 40.6 Å². The minimum absolute atomic E-state index is 0.0368. The second-order valence-corrected chi connectivity index (χ2v) is 8.00. The van der Waals surface area contributed by atoms with E-state index in [1.165, 1.54) is 25.3 Å². The first kappa shape index (κ1) is 17.4. The van der Waals surface area contributed by atoms with Gasteiger partial charge in [0.1, 0.15) is 4.88 Å². The highest BCUT2D eigenvalue weighted by Crippen LogP contribution is 2.27. The lowest BCUT2D eigenvalue weighted by Crippen LogP contribution is -2.23. The number of carbonyl (C=O) groups is 2. The zero-order valence-electron chi connectivity index (χ0n) is 13.4. The van der Waals surface area contributed by atoms with Gasteiger partial charge in [-0.25, -0.2) is 13.2 Å². The summed E-state index contributed by atoms with van der Waals surface area (Å²) in [5.74, 6) is -0.565. The van der Waals surface area contributed by atoms with Gasteiger partial charge < -0.3 is 9.64 Å². The predicted molar refractivity (Wildman–Crippen MR) is 94.5 cm³/mol. The first-order chi connectivity index (χ1) is 11.9. The zero-order valence-corrected chi connectivity index (χ0v) is 15.0. The van der Waals surface area contributed by atoms with Crippen LogP contribution in [0.5, 0.6) is 0 Å². The minimum atomic E-state index is -3.86. The molecule has 2 aromatic rings. The number of nitrogens with zero attached hydrogens (tertiary/aromatic N) is 1. The summed E-state index contributed by atoms with van der Waals surface area (Å²) in [5.41, 5.74) is 0.850. The van der Waals surface area contributed by atoms with E-state index < -0.39 is 16.0 Å².